The van der Waals surface area contributed by atoms with Gasteiger partial charge in [0.05, 0.1) is 12.6 Å². The van der Waals surface area contributed by atoms with Crippen molar-refractivity contribution < 1.29 is 19.8 Å². The van der Waals surface area contributed by atoms with Crippen LogP contribution in [-0.2, 0) is 9.59 Å². The molecule has 0 heterocycles. The number of carboxylic acid groups (broad SMARTS) is 1. The van der Waals surface area contributed by atoms with E-state index < -0.39 is 12.0 Å². The molecule has 1 aromatic rings. The Balaban J connectivity index is 2.81. The maximum atomic E-state index is 11.3. The third-order valence-corrected chi connectivity index (χ3v) is 2.09. The lowest BCUT2D eigenvalue weighted by molar-refractivity contribution is -0.136. The van der Waals surface area contributed by atoms with Crippen LogP contribution in [0.3, 0.4) is 0 Å². The minimum absolute atomic E-state index is 0.101. The van der Waals surface area contributed by atoms with Gasteiger partial charge in [-0.15, -0.1) is 0 Å². The Hall–Kier alpha value is -1.88. The smallest absolute Gasteiger partial charge is 0.317 e. The second-order valence-electron chi connectivity index (χ2n) is 3.41. The Kier molecular flexibility index (Phi) is 4.02. The fraction of sp³-hybridized carbons (Fsp3) is 0.273. The van der Waals surface area contributed by atoms with E-state index in [0.717, 1.165) is 0 Å². The molecule has 0 fully saturated rings. The largest absolute Gasteiger partial charge is 0.508 e. The van der Waals surface area contributed by atoms with Crippen LogP contribution in [0, 0.1) is 0 Å². The maximum absolute atomic E-state index is 11.3. The zero-order valence-electron chi connectivity index (χ0n) is 8.80. The van der Waals surface area contributed by atoms with Crippen LogP contribution < -0.4 is 5.32 Å². The summed E-state index contributed by atoms with van der Waals surface area (Å²) in [7, 11) is 0. The molecule has 1 rings (SSSR count). The molecule has 0 aliphatic carbocycles. The third kappa shape index (κ3) is 3.36. The highest BCUT2D eigenvalue weighted by Gasteiger charge is 2.16. The van der Waals surface area contributed by atoms with Crippen LogP contribution >= 0.6 is 0 Å². The number of carboxylic acids is 1. The molecule has 1 atom stereocenters. The van der Waals surface area contributed by atoms with Gasteiger partial charge in [-0.25, -0.2) is 0 Å². The fourth-order valence-corrected chi connectivity index (χ4v) is 1.35. The summed E-state index contributed by atoms with van der Waals surface area (Å²) in [6.07, 6.45) is 0. The number of ketones is 1. The van der Waals surface area contributed by atoms with Crippen LogP contribution in [0.15, 0.2) is 24.3 Å². The monoisotopic (exact) mass is 223 g/mol. The molecule has 0 saturated heterocycles. The van der Waals surface area contributed by atoms with Gasteiger partial charge in [-0.2, -0.15) is 0 Å². The van der Waals surface area contributed by atoms with E-state index in [0.29, 0.717) is 5.56 Å². The zero-order chi connectivity index (χ0) is 12.1. The van der Waals surface area contributed by atoms with Crippen LogP contribution in [0.25, 0.3) is 0 Å². The lowest BCUT2D eigenvalue weighted by atomic mass is 10.0. The molecule has 0 aromatic heterocycles. The fourth-order valence-electron chi connectivity index (χ4n) is 1.35. The number of hydrogen-bond acceptors (Lipinski definition) is 4. The number of benzene rings is 1. The quantitative estimate of drug-likeness (QED) is 0.684. The average Bonchev–Trinajstić information content (AvgIpc) is 2.20. The molecule has 0 spiro atoms. The number of rotatable bonds is 5. The number of Topliss-reactive ketones (excluding diaryl/α,β-unsaturated/α-hetero) is 1. The van der Waals surface area contributed by atoms with Gasteiger partial charge in [0.25, 0.3) is 0 Å². The van der Waals surface area contributed by atoms with Gasteiger partial charge in [0.2, 0.25) is 0 Å². The molecule has 0 bridgehead atoms. The number of aliphatic carboxylic acids is 1. The second kappa shape index (κ2) is 5.27. The Morgan fingerprint density at radius 1 is 1.31 bits per heavy atom. The van der Waals surface area contributed by atoms with Gasteiger partial charge in [-0.3, -0.25) is 14.9 Å². The van der Waals surface area contributed by atoms with E-state index in [1.807, 2.05) is 0 Å². The van der Waals surface area contributed by atoms with Crippen LogP contribution in [0.2, 0.25) is 0 Å². The highest BCUT2D eigenvalue weighted by molar-refractivity contribution is 5.83. The predicted molar refractivity (Wildman–Crippen MR) is 57.2 cm³/mol. The maximum Gasteiger partial charge on any atom is 0.317 e. The van der Waals surface area contributed by atoms with E-state index >= 15 is 0 Å². The molecule has 0 radical (unpaired) electrons. The van der Waals surface area contributed by atoms with E-state index in [1.54, 1.807) is 12.1 Å². The van der Waals surface area contributed by atoms with Crippen LogP contribution in [-0.4, -0.2) is 28.5 Å². The number of aromatic hydroxyl groups is 1. The van der Waals surface area contributed by atoms with Crippen molar-refractivity contribution in [3.05, 3.63) is 29.8 Å². The van der Waals surface area contributed by atoms with Crippen molar-refractivity contribution in [1.82, 2.24) is 5.32 Å². The topological polar surface area (TPSA) is 86.6 Å². The van der Waals surface area contributed by atoms with E-state index in [1.165, 1.54) is 19.1 Å². The molecule has 0 saturated carbocycles. The molecule has 0 aliphatic rings. The van der Waals surface area contributed by atoms with Crippen molar-refractivity contribution in [2.24, 2.45) is 0 Å². The summed E-state index contributed by atoms with van der Waals surface area (Å²) in [5.41, 5.74) is 0.631. The van der Waals surface area contributed by atoms with Gasteiger partial charge in [-0.1, -0.05) is 12.1 Å². The molecule has 86 valence electrons. The van der Waals surface area contributed by atoms with Gasteiger partial charge in [0.15, 0.2) is 5.78 Å². The second-order valence-corrected chi connectivity index (χ2v) is 3.41. The number of phenolic OH excluding ortho intramolecular Hbond substituents is 1. The molecular weight excluding hydrogens is 210 g/mol. The number of nitrogens with one attached hydrogen (secondary N) is 1. The van der Waals surface area contributed by atoms with Crippen molar-refractivity contribution >= 4 is 11.8 Å². The number of carbonyl (C=O) groups excluding carboxylic acids is 1. The summed E-state index contributed by atoms with van der Waals surface area (Å²) in [5, 5.41) is 20.2. The van der Waals surface area contributed by atoms with Crippen LogP contribution in [0.5, 0.6) is 5.75 Å². The minimum Gasteiger partial charge on any atom is -0.508 e. The number of carbonyl (C=O) groups is 2. The molecular formula is C11H13NO4. The minimum atomic E-state index is -1.02. The highest BCUT2D eigenvalue weighted by atomic mass is 16.4. The molecule has 0 amide bonds. The van der Waals surface area contributed by atoms with E-state index in [-0.39, 0.29) is 18.1 Å². The summed E-state index contributed by atoms with van der Waals surface area (Å²) < 4.78 is 0. The first kappa shape index (κ1) is 12.2. The Bertz CT molecular complexity index is 385. The molecule has 0 aliphatic heterocycles. The molecule has 1 unspecified atom stereocenters. The molecule has 3 N–H and O–H groups in total. The predicted octanol–water partition coefficient (Wildman–Crippen LogP) is 0.696. The highest BCUT2D eigenvalue weighted by Crippen LogP contribution is 2.17. The summed E-state index contributed by atoms with van der Waals surface area (Å²) in [6, 6.07) is 5.41. The van der Waals surface area contributed by atoms with Crippen molar-refractivity contribution in [2.45, 2.75) is 13.0 Å². The Morgan fingerprint density at radius 2 is 1.88 bits per heavy atom. The SMILES string of the molecule is CC(=O)C(NCC(=O)O)c1ccc(O)cc1. The summed E-state index contributed by atoms with van der Waals surface area (Å²) in [6.45, 7) is 1.09. The molecule has 1 aromatic carbocycles. The first-order valence-corrected chi connectivity index (χ1v) is 4.75. The van der Waals surface area contributed by atoms with Gasteiger partial charge in [0.1, 0.15) is 5.75 Å². The van der Waals surface area contributed by atoms with E-state index in [2.05, 4.69) is 5.32 Å². The van der Waals surface area contributed by atoms with E-state index in [9.17, 15) is 9.59 Å². The normalized spacial score (nSPS) is 12.1. The number of hydrogen-bond donors (Lipinski definition) is 3. The van der Waals surface area contributed by atoms with Crippen molar-refractivity contribution in [2.75, 3.05) is 6.54 Å². The third-order valence-electron chi connectivity index (χ3n) is 2.09. The zero-order valence-corrected chi connectivity index (χ0v) is 8.80. The standard InChI is InChI=1S/C11H13NO4/c1-7(13)11(12-6-10(15)16)8-2-4-9(14)5-3-8/h2-5,11-12,14H,6H2,1H3,(H,15,16). The lowest BCUT2D eigenvalue weighted by Crippen LogP contribution is -2.31. The molecule has 16 heavy (non-hydrogen) atoms. The first-order valence-electron chi connectivity index (χ1n) is 4.75. The van der Waals surface area contributed by atoms with Crippen LogP contribution in [0.1, 0.15) is 18.5 Å². The van der Waals surface area contributed by atoms with Gasteiger partial charge >= 0.3 is 5.97 Å². The van der Waals surface area contributed by atoms with Gasteiger partial charge in [-0.05, 0) is 24.6 Å². The van der Waals surface area contributed by atoms with Crippen molar-refractivity contribution in [3.8, 4) is 5.75 Å². The summed E-state index contributed by atoms with van der Waals surface area (Å²) >= 11 is 0. The molecule has 5 heteroatoms. The van der Waals surface area contributed by atoms with Gasteiger partial charge < -0.3 is 10.2 Å². The number of phenols is 1. The lowest BCUT2D eigenvalue weighted by Gasteiger charge is -2.14. The van der Waals surface area contributed by atoms with Gasteiger partial charge in [0, 0.05) is 0 Å². The Labute approximate surface area is 92.7 Å². The summed E-state index contributed by atoms with van der Waals surface area (Å²) in [4.78, 5) is 21.7. The Morgan fingerprint density at radius 3 is 2.31 bits per heavy atom. The van der Waals surface area contributed by atoms with Crippen molar-refractivity contribution in [3.63, 3.8) is 0 Å². The molecule has 5 nitrogen and oxygen atoms in total. The summed E-state index contributed by atoms with van der Waals surface area (Å²) in [5.74, 6) is -1.10. The first-order chi connectivity index (χ1) is 7.50. The van der Waals surface area contributed by atoms with Crippen LogP contribution in [0.4, 0.5) is 0 Å². The van der Waals surface area contributed by atoms with E-state index in [4.69, 9.17) is 10.2 Å². The average molecular weight is 223 g/mol. The van der Waals surface area contributed by atoms with Crippen molar-refractivity contribution in [1.29, 1.82) is 0 Å².